The molecule has 10 heteroatoms. The number of ether oxygens (including phenoxy) is 1. The molecule has 0 saturated carbocycles. The third-order valence-electron chi connectivity index (χ3n) is 4.96. The van der Waals surface area contributed by atoms with Crippen LogP contribution in [0.2, 0.25) is 0 Å². The number of pyridine rings is 1. The minimum absolute atomic E-state index is 0.0515. The highest BCUT2D eigenvalue weighted by Crippen LogP contribution is 2.29. The molecule has 1 aromatic heterocycles. The minimum atomic E-state index is -3.81. The molecule has 1 aromatic carbocycles. The maximum atomic E-state index is 13.2. The summed E-state index contributed by atoms with van der Waals surface area (Å²) in [5, 5.41) is 5.12. The van der Waals surface area contributed by atoms with Crippen molar-refractivity contribution in [3.63, 3.8) is 0 Å². The largest absolute Gasteiger partial charge is 0.495 e. The molecule has 3 rings (SSSR count). The van der Waals surface area contributed by atoms with Crippen LogP contribution in [0.5, 0.6) is 5.75 Å². The normalized spacial score (nSPS) is 15.0. The number of nitrogens with one attached hydrogen (secondary N) is 2. The maximum absolute atomic E-state index is 13.2. The molecule has 1 saturated heterocycles. The lowest BCUT2D eigenvalue weighted by Crippen LogP contribution is -2.34. The number of hydrogen-bond donors (Lipinski definition) is 2. The van der Waals surface area contributed by atoms with Gasteiger partial charge in [0.1, 0.15) is 10.6 Å². The van der Waals surface area contributed by atoms with Gasteiger partial charge < -0.3 is 15.4 Å². The fourth-order valence-electron chi connectivity index (χ4n) is 3.35. The number of carbonyl (C=O) groups is 2. The summed E-state index contributed by atoms with van der Waals surface area (Å²) in [7, 11) is -2.43. The van der Waals surface area contributed by atoms with E-state index in [1.54, 1.807) is 18.3 Å². The van der Waals surface area contributed by atoms with Crippen LogP contribution in [0.15, 0.2) is 47.6 Å². The van der Waals surface area contributed by atoms with Crippen molar-refractivity contribution < 1.29 is 22.7 Å². The summed E-state index contributed by atoms with van der Waals surface area (Å²) in [5.74, 6) is -0.807. The third-order valence-corrected chi connectivity index (χ3v) is 6.88. The van der Waals surface area contributed by atoms with Crippen LogP contribution in [0.25, 0.3) is 0 Å². The number of rotatable bonds is 7. The molecule has 0 aliphatic carbocycles. The van der Waals surface area contributed by atoms with Gasteiger partial charge in [-0.25, -0.2) is 8.42 Å². The standard InChI is InChI=1S/C21H26N4O5S/c1-30-18-9-8-16(13-19(18)31(28,29)25-11-4-2-3-5-12-25)21(27)23-15-20(26)24-17-7-6-10-22-14-17/h6-10,13-14H,2-5,11-12,15H2,1H3,(H,23,27)(H,24,26). The monoisotopic (exact) mass is 446 g/mol. The Morgan fingerprint density at radius 3 is 2.52 bits per heavy atom. The average molecular weight is 447 g/mol. The van der Waals surface area contributed by atoms with Crippen LogP contribution < -0.4 is 15.4 Å². The zero-order chi connectivity index (χ0) is 22.3. The Bertz CT molecular complexity index is 1020. The van der Waals surface area contributed by atoms with E-state index in [1.165, 1.54) is 35.8 Å². The van der Waals surface area contributed by atoms with Gasteiger partial charge in [0, 0.05) is 24.8 Å². The van der Waals surface area contributed by atoms with Crippen molar-refractivity contribution in [1.29, 1.82) is 0 Å². The van der Waals surface area contributed by atoms with Crippen LogP contribution in [0.3, 0.4) is 0 Å². The van der Waals surface area contributed by atoms with Gasteiger partial charge in [0.2, 0.25) is 15.9 Å². The average Bonchev–Trinajstić information content (AvgIpc) is 3.08. The quantitative estimate of drug-likeness (QED) is 0.672. The lowest BCUT2D eigenvalue weighted by molar-refractivity contribution is -0.115. The van der Waals surface area contributed by atoms with E-state index in [4.69, 9.17) is 4.74 Å². The predicted octanol–water partition coefficient (Wildman–Crippen LogP) is 2.02. The van der Waals surface area contributed by atoms with Crippen molar-refractivity contribution >= 4 is 27.5 Å². The highest BCUT2D eigenvalue weighted by molar-refractivity contribution is 7.89. The molecule has 0 atom stereocenters. The molecule has 0 unspecified atom stereocenters. The molecular formula is C21H26N4O5S. The number of anilines is 1. The zero-order valence-corrected chi connectivity index (χ0v) is 18.2. The third kappa shape index (κ3) is 5.80. The summed E-state index contributed by atoms with van der Waals surface area (Å²) in [4.78, 5) is 28.4. The number of nitrogens with zero attached hydrogens (tertiary/aromatic N) is 2. The summed E-state index contributed by atoms with van der Waals surface area (Å²) >= 11 is 0. The van der Waals surface area contributed by atoms with E-state index in [-0.39, 0.29) is 22.8 Å². The summed E-state index contributed by atoms with van der Waals surface area (Å²) in [5.41, 5.74) is 0.639. The molecule has 0 spiro atoms. The van der Waals surface area contributed by atoms with Gasteiger partial charge >= 0.3 is 0 Å². The molecule has 2 aromatic rings. The number of aromatic nitrogens is 1. The van der Waals surface area contributed by atoms with Gasteiger partial charge in [-0.15, -0.1) is 0 Å². The number of amides is 2. The molecule has 1 aliphatic rings. The lowest BCUT2D eigenvalue weighted by atomic mass is 10.2. The first-order valence-electron chi connectivity index (χ1n) is 10.1. The number of methoxy groups -OCH3 is 1. The fraction of sp³-hybridized carbons (Fsp3) is 0.381. The SMILES string of the molecule is COc1ccc(C(=O)NCC(=O)Nc2cccnc2)cc1S(=O)(=O)N1CCCCCC1. The Hall–Kier alpha value is -2.98. The van der Waals surface area contributed by atoms with E-state index >= 15 is 0 Å². The Balaban J connectivity index is 1.73. The highest BCUT2D eigenvalue weighted by Gasteiger charge is 2.29. The molecule has 2 N–H and O–H groups in total. The van der Waals surface area contributed by atoms with Crippen molar-refractivity contribution in [2.24, 2.45) is 0 Å². The zero-order valence-electron chi connectivity index (χ0n) is 17.3. The van der Waals surface area contributed by atoms with Gasteiger partial charge in [-0.05, 0) is 43.2 Å². The van der Waals surface area contributed by atoms with Gasteiger partial charge in [-0.2, -0.15) is 4.31 Å². The van der Waals surface area contributed by atoms with Gasteiger partial charge in [0.15, 0.2) is 0 Å². The summed E-state index contributed by atoms with van der Waals surface area (Å²) in [6, 6.07) is 7.57. The Labute approximate surface area is 181 Å². The van der Waals surface area contributed by atoms with Gasteiger partial charge in [-0.1, -0.05) is 12.8 Å². The van der Waals surface area contributed by atoms with E-state index in [0.717, 1.165) is 25.7 Å². The van der Waals surface area contributed by atoms with E-state index in [1.807, 2.05) is 0 Å². The molecule has 1 fully saturated rings. The van der Waals surface area contributed by atoms with Crippen molar-refractivity contribution in [2.75, 3.05) is 32.1 Å². The molecule has 9 nitrogen and oxygen atoms in total. The predicted molar refractivity (Wildman–Crippen MR) is 115 cm³/mol. The van der Waals surface area contributed by atoms with Crippen LogP contribution >= 0.6 is 0 Å². The van der Waals surface area contributed by atoms with E-state index in [0.29, 0.717) is 18.8 Å². The van der Waals surface area contributed by atoms with Crippen LogP contribution in [0.1, 0.15) is 36.0 Å². The van der Waals surface area contributed by atoms with Crippen LogP contribution in [-0.2, 0) is 14.8 Å². The molecule has 1 aliphatic heterocycles. The first-order valence-corrected chi connectivity index (χ1v) is 11.5. The first-order chi connectivity index (χ1) is 14.9. The molecule has 2 amide bonds. The Morgan fingerprint density at radius 2 is 1.87 bits per heavy atom. The van der Waals surface area contributed by atoms with Gasteiger partial charge in [0.25, 0.3) is 5.91 Å². The molecule has 31 heavy (non-hydrogen) atoms. The fourth-order valence-corrected chi connectivity index (χ4v) is 5.04. The highest BCUT2D eigenvalue weighted by atomic mass is 32.2. The van der Waals surface area contributed by atoms with Crippen molar-refractivity contribution in [2.45, 2.75) is 30.6 Å². The van der Waals surface area contributed by atoms with Gasteiger partial charge in [-0.3, -0.25) is 14.6 Å². The number of carbonyl (C=O) groups excluding carboxylic acids is 2. The van der Waals surface area contributed by atoms with Crippen molar-refractivity contribution in [3.05, 3.63) is 48.3 Å². The maximum Gasteiger partial charge on any atom is 0.251 e. The lowest BCUT2D eigenvalue weighted by Gasteiger charge is -2.21. The van der Waals surface area contributed by atoms with E-state index in [9.17, 15) is 18.0 Å². The second kappa shape index (κ2) is 10.4. The van der Waals surface area contributed by atoms with Crippen LogP contribution in [-0.4, -0.2) is 56.3 Å². The topological polar surface area (TPSA) is 118 Å². The summed E-state index contributed by atoms with van der Waals surface area (Å²) in [6.45, 7) is 0.612. The summed E-state index contributed by atoms with van der Waals surface area (Å²) < 4.78 is 33.1. The second-order valence-electron chi connectivity index (χ2n) is 7.16. The number of benzene rings is 1. The summed E-state index contributed by atoms with van der Waals surface area (Å²) in [6.07, 6.45) is 6.66. The molecule has 0 radical (unpaired) electrons. The van der Waals surface area contributed by atoms with Crippen LogP contribution in [0.4, 0.5) is 5.69 Å². The van der Waals surface area contributed by atoms with Crippen LogP contribution in [0, 0.1) is 0 Å². The Kier molecular flexibility index (Phi) is 7.59. The smallest absolute Gasteiger partial charge is 0.251 e. The molecule has 0 bridgehead atoms. The Morgan fingerprint density at radius 1 is 1.13 bits per heavy atom. The van der Waals surface area contributed by atoms with E-state index in [2.05, 4.69) is 15.6 Å². The molecule has 2 heterocycles. The molecular weight excluding hydrogens is 420 g/mol. The van der Waals surface area contributed by atoms with Crippen molar-refractivity contribution in [3.8, 4) is 5.75 Å². The van der Waals surface area contributed by atoms with E-state index < -0.39 is 21.8 Å². The first kappa shape index (κ1) is 22.7. The van der Waals surface area contributed by atoms with Gasteiger partial charge in [0.05, 0.1) is 25.5 Å². The van der Waals surface area contributed by atoms with Crippen molar-refractivity contribution in [1.82, 2.24) is 14.6 Å². The minimum Gasteiger partial charge on any atom is -0.495 e. The molecule has 166 valence electrons. The second-order valence-corrected chi connectivity index (χ2v) is 9.06. The number of hydrogen-bond acceptors (Lipinski definition) is 6. The number of sulfonamides is 1.